The van der Waals surface area contributed by atoms with E-state index in [9.17, 15) is 9.59 Å². The maximum atomic E-state index is 12.9. The van der Waals surface area contributed by atoms with Crippen LogP contribution in [0.3, 0.4) is 0 Å². The van der Waals surface area contributed by atoms with Crippen molar-refractivity contribution in [1.82, 2.24) is 0 Å². The molecule has 0 unspecified atom stereocenters. The third-order valence-corrected chi connectivity index (χ3v) is 5.05. The van der Waals surface area contributed by atoms with Crippen LogP contribution in [0.25, 0.3) is 0 Å². The van der Waals surface area contributed by atoms with Crippen LogP contribution in [0.15, 0.2) is 11.1 Å². The van der Waals surface area contributed by atoms with Gasteiger partial charge in [-0.15, -0.1) is 0 Å². The Morgan fingerprint density at radius 2 is 1.31 bits per heavy atom. The zero-order valence-corrected chi connectivity index (χ0v) is 17.1. The fourth-order valence-corrected chi connectivity index (χ4v) is 3.41. The van der Waals surface area contributed by atoms with Crippen molar-refractivity contribution in [2.24, 2.45) is 5.92 Å². The molecule has 0 radical (unpaired) electrons. The Hall–Kier alpha value is -1.32. The molecule has 4 nitrogen and oxygen atoms in total. The number of ether oxygens (including phenoxy) is 2. The van der Waals surface area contributed by atoms with Gasteiger partial charge in [-0.1, -0.05) is 59.3 Å². The molecule has 0 saturated heterocycles. The highest BCUT2D eigenvalue weighted by Crippen LogP contribution is 2.34. The fourth-order valence-electron chi connectivity index (χ4n) is 3.41. The summed E-state index contributed by atoms with van der Waals surface area (Å²) in [5.41, 5.74) is 1.20. The molecule has 1 aliphatic rings. The SMILES string of the molecule is CCCCOC(=O)/C(CCCC)=C(\C(=O)OCCCC)C1CCCCC1. The van der Waals surface area contributed by atoms with Crippen LogP contribution in [0.2, 0.25) is 0 Å². The van der Waals surface area contributed by atoms with Crippen LogP contribution in [-0.4, -0.2) is 25.2 Å². The van der Waals surface area contributed by atoms with Gasteiger partial charge in [-0.25, -0.2) is 9.59 Å². The van der Waals surface area contributed by atoms with E-state index in [1.54, 1.807) is 0 Å². The van der Waals surface area contributed by atoms with Crippen molar-refractivity contribution < 1.29 is 19.1 Å². The molecule has 4 heteroatoms. The highest BCUT2D eigenvalue weighted by Gasteiger charge is 2.30. The molecule has 1 aliphatic carbocycles. The predicted octanol–water partition coefficient (Wildman–Crippen LogP) is 5.74. The predicted molar refractivity (Wildman–Crippen MR) is 105 cm³/mol. The Morgan fingerprint density at radius 1 is 0.769 bits per heavy atom. The molecule has 0 amide bonds. The summed E-state index contributed by atoms with van der Waals surface area (Å²) in [5.74, 6) is -0.452. The first-order valence-corrected chi connectivity index (χ1v) is 10.7. The second kappa shape index (κ2) is 13.8. The summed E-state index contributed by atoms with van der Waals surface area (Å²) in [6.45, 7) is 7.09. The number of carbonyl (C=O) groups is 2. The number of unbranched alkanes of at least 4 members (excludes halogenated alkanes) is 3. The minimum absolute atomic E-state index is 0.142. The minimum Gasteiger partial charge on any atom is -0.462 e. The lowest BCUT2D eigenvalue weighted by atomic mass is 9.81. The average Bonchev–Trinajstić information content (AvgIpc) is 2.66. The first kappa shape index (κ1) is 22.7. The first-order chi connectivity index (χ1) is 12.7. The molecule has 0 aromatic heterocycles. The summed E-state index contributed by atoms with van der Waals surface area (Å²) >= 11 is 0. The summed E-state index contributed by atoms with van der Waals surface area (Å²) in [6, 6.07) is 0. The van der Waals surface area contributed by atoms with Gasteiger partial charge >= 0.3 is 11.9 Å². The van der Waals surface area contributed by atoms with E-state index in [1.165, 1.54) is 6.42 Å². The summed E-state index contributed by atoms with van der Waals surface area (Å²) < 4.78 is 11.0. The lowest BCUT2D eigenvalue weighted by molar-refractivity contribution is -0.143. The van der Waals surface area contributed by atoms with Crippen molar-refractivity contribution in [3.05, 3.63) is 11.1 Å². The minimum atomic E-state index is -0.306. The Morgan fingerprint density at radius 3 is 1.85 bits per heavy atom. The Kier molecular flexibility index (Phi) is 12.1. The van der Waals surface area contributed by atoms with Crippen LogP contribution in [0, 0.1) is 5.92 Å². The van der Waals surface area contributed by atoms with Crippen LogP contribution in [0.5, 0.6) is 0 Å². The van der Waals surface area contributed by atoms with E-state index in [0.29, 0.717) is 30.8 Å². The zero-order chi connectivity index (χ0) is 19.2. The summed E-state index contributed by atoms with van der Waals surface area (Å²) in [7, 11) is 0. The van der Waals surface area contributed by atoms with Crippen LogP contribution < -0.4 is 0 Å². The van der Waals surface area contributed by atoms with Crippen molar-refractivity contribution in [3.63, 3.8) is 0 Å². The second-order valence-electron chi connectivity index (χ2n) is 7.31. The van der Waals surface area contributed by atoms with Gasteiger partial charge in [0.05, 0.1) is 18.8 Å². The molecule has 1 fully saturated rings. The van der Waals surface area contributed by atoms with Gasteiger partial charge in [-0.05, 0) is 44.4 Å². The van der Waals surface area contributed by atoms with E-state index >= 15 is 0 Å². The van der Waals surface area contributed by atoms with Crippen LogP contribution in [0.4, 0.5) is 0 Å². The molecule has 1 saturated carbocycles. The van der Waals surface area contributed by atoms with E-state index in [0.717, 1.165) is 64.2 Å². The van der Waals surface area contributed by atoms with Gasteiger partial charge < -0.3 is 9.47 Å². The van der Waals surface area contributed by atoms with E-state index in [4.69, 9.17) is 9.47 Å². The topological polar surface area (TPSA) is 52.6 Å². The number of hydrogen-bond acceptors (Lipinski definition) is 4. The molecular formula is C22H38O4. The fraction of sp³-hybridized carbons (Fsp3) is 0.818. The molecule has 150 valence electrons. The molecule has 26 heavy (non-hydrogen) atoms. The molecule has 0 aliphatic heterocycles. The molecule has 0 atom stereocenters. The van der Waals surface area contributed by atoms with Crippen LogP contribution in [0.1, 0.15) is 97.8 Å². The second-order valence-corrected chi connectivity index (χ2v) is 7.31. The van der Waals surface area contributed by atoms with E-state index in [1.807, 2.05) is 0 Å². The third-order valence-electron chi connectivity index (χ3n) is 5.05. The smallest absolute Gasteiger partial charge is 0.334 e. The summed E-state index contributed by atoms with van der Waals surface area (Å²) in [4.78, 5) is 25.6. The molecule has 0 N–H and O–H groups in total. The van der Waals surface area contributed by atoms with Crippen LogP contribution in [-0.2, 0) is 19.1 Å². The molecule has 0 spiro atoms. The molecular weight excluding hydrogens is 328 g/mol. The van der Waals surface area contributed by atoms with Crippen molar-refractivity contribution >= 4 is 11.9 Å². The highest BCUT2D eigenvalue weighted by atomic mass is 16.5. The first-order valence-electron chi connectivity index (χ1n) is 10.7. The Labute approximate surface area is 159 Å². The quantitative estimate of drug-likeness (QED) is 0.251. The summed E-state index contributed by atoms with van der Waals surface area (Å²) in [6.07, 6.45) is 11.5. The van der Waals surface area contributed by atoms with Crippen molar-refractivity contribution in [2.45, 2.75) is 97.8 Å². The zero-order valence-electron chi connectivity index (χ0n) is 17.1. The van der Waals surface area contributed by atoms with Crippen molar-refractivity contribution in [1.29, 1.82) is 0 Å². The van der Waals surface area contributed by atoms with E-state index in [-0.39, 0.29) is 17.9 Å². The van der Waals surface area contributed by atoms with E-state index in [2.05, 4.69) is 20.8 Å². The number of rotatable bonds is 12. The highest BCUT2D eigenvalue weighted by molar-refractivity contribution is 6.00. The molecule has 0 aromatic carbocycles. The summed E-state index contributed by atoms with van der Waals surface area (Å²) in [5, 5.41) is 0. The van der Waals surface area contributed by atoms with Gasteiger partial charge in [-0.3, -0.25) is 0 Å². The molecule has 0 aromatic rings. The lowest BCUT2D eigenvalue weighted by Crippen LogP contribution is -2.24. The standard InChI is InChI=1S/C22H38O4/c1-4-7-15-19(21(23)25-16-8-5-2)20(18-13-11-10-12-14-18)22(24)26-17-9-6-3/h18H,4-17H2,1-3H3/b20-19-. The van der Waals surface area contributed by atoms with Gasteiger partial charge in [0, 0.05) is 5.57 Å². The van der Waals surface area contributed by atoms with Gasteiger partial charge in [0.2, 0.25) is 0 Å². The van der Waals surface area contributed by atoms with Crippen molar-refractivity contribution in [3.8, 4) is 0 Å². The van der Waals surface area contributed by atoms with Gasteiger partial charge in [0.1, 0.15) is 0 Å². The van der Waals surface area contributed by atoms with E-state index < -0.39 is 0 Å². The monoisotopic (exact) mass is 366 g/mol. The molecule has 1 rings (SSSR count). The van der Waals surface area contributed by atoms with Crippen molar-refractivity contribution in [2.75, 3.05) is 13.2 Å². The van der Waals surface area contributed by atoms with Crippen LogP contribution >= 0.6 is 0 Å². The molecule has 0 bridgehead atoms. The van der Waals surface area contributed by atoms with Gasteiger partial charge in [0.15, 0.2) is 0 Å². The van der Waals surface area contributed by atoms with Gasteiger partial charge in [-0.2, -0.15) is 0 Å². The normalized spacial score (nSPS) is 16.1. The van der Waals surface area contributed by atoms with Gasteiger partial charge in [0.25, 0.3) is 0 Å². The Balaban J connectivity index is 3.07. The average molecular weight is 367 g/mol. The number of hydrogen-bond donors (Lipinski definition) is 0. The Bertz CT molecular complexity index is 447. The molecule has 0 heterocycles. The number of esters is 2. The maximum Gasteiger partial charge on any atom is 0.334 e. The third kappa shape index (κ3) is 7.92. The maximum absolute atomic E-state index is 12.9. The number of carbonyl (C=O) groups excluding carboxylic acids is 2. The largest absolute Gasteiger partial charge is 0.462 e. The lowest BCUT2D eigenvalue weighted by Gasteiger charge is -2.26.